The van der Waals surface area contributed by atoms with Crippen LogP contribution in [0.4, 0.5) is 17.1 Å². The van der Waals surface area contributed by atoms with E-state index in [1.165, 1.54) is 5.69 Å². The van der Waals surface area contributed by atoms with Crippen molar-refractivity contribution in [3.8, 4) is 0 Å². The van der Waals surface area contributed by atoms with Crippen LogP contribution in [0.5, 0.6) is 0 Å². The molecule has 1 aliphatic heterocycles. The highest BCUT2D eigenvalue weighted by atomic mass is 16.2. The fraction of sp³-hybridized carbons (Fsp3) is 0.364. The Bertz CT molecular complexity index is 812. The molecule has 0 radical (unpaired) electrons. The van der Waals surface area contributed by atoms with Gasteiger partial charge in [-0.05, 0) is 49.9 Å². The van der Waals surface area contributed by atoms with E-state index >= 15 is 0 Å². The number of likely N-dealkylation sites (N-methyl/N-ethyl adjacent to an activating group) is 1. The molecule has 6 heteroatoms. The highest BCUT2D eigenvalue weighted by Gasteiger charge is 2.15. The summed E-state index contributed by atoms with van der Waals surface area (Å²) in [6, 6.07) is 15.0. The van der Waals surface area contributed by atoms with Gasteiger partial charge in [0.05, 0.1) is 11.3 Å². The fourth-order valence-corrected chi connectivity index (χ4v) is 3.25. The summed E-state index contributed by atoms with van der Waals surface area (Å²) in [7, 11) is 2.14. The number of nitrogens with one attached hydrogen (secondary N) is 2. The van der Waals surface area contributed by atoms with Crippen molar-refractivity contribution >= 4 is 28.9 Å². The molecule has 6 nitrogen and oxygen atoms in total. The lowest BCUT2D eigenvalue weighted by molar-refractivity contribution is -0.116. The van der Waals surface area contributed by atoms with E-state index in [9.17, 15) is 9.59 Å². The summed E-state index contributed by atoms with van der Waals surface area (Å²) in [4.78, 5) is 29.3. The number of hydrogen-bond acceptors (Lipinski definition) is 4. The van der Waals surface area contributed by atoms with Crippen molar-refractivity contribution in [1.82, 2.24) is 4.90 Å². The van der Waals surface area contributed by atoms with Gasteiger partial charge in [-0.3, -0.25) is 9.59 Å². The zero-order chi connectivity index (χ0) is 19.9. The molecular formula is C22H28N4O2. The number of benzene rings is 2. The molecule has 0 saturated carbocycles. The van der Waals surface area contributed by atoms with Gasteiger partial charge < -0.3 is 20.4 Å². The first-order valence-corrected chi connectivity index (χ1v) is 9.80. The molecule has 0 unspecified atom stereocenters. The Morgan fingerprint density at radius 2 is 1.61 bits per heavy atom. The van der Waals surface area contributed by atoms with E-state index in [2.05, 4.69) is 27.5 Å². The van der Waals surface area contributed by atoms with Gasteiger partial charge in [0, 0.05) is 44.0 Å². The van der Waals surface area contributed by atoms with Crippen molar-refractivity contribution in [2.75, 3.05) is 48.8 Å². The summed E-state index contributed by atoms with van der Waals surface area (Å²) in [6.45, 7) is 6.07. The first kappa shape index (κ1) is 19.9. The minimum atomic E-state index is -0.236. The number of carbonyl (C=O) groups is 2. The van der Waals surface area contributed by atoms with E-state index in [0.717, 1.165) is 38.3 Å². The lowest BCUT2D eigenvalue weighted by Crippen LogP contribution is -2.44. The topological polar surface area (TPSA) is 64.7 Å². The van der Waals surface area contributed by atoms with E-state index in [1.54, 1.807) is 18.2 Å². The average molecular weight is 380 g/mol. The van der Waals surface area contributed by atoms with Gasteiger partial charge in [-0.2, -0.15) is 0 Å². The van der Waals surface area contributed by atoms with Crippen molar-refractivity contribution in [2.24, 2.45) is 0 Å². The van der Waals surface area contributed by atoms with Gasteiger partial charge in [0.2, 0.25) is 5.91 Å². The van der Waals surface area contributed by atoms with Crippen LogP contribution in [0.1, 0.15) is 30.1 Å². The van der Waals surface area contributed by atoms with Crippen LogP contribution in [0.15, 0.2) is 48.5 Å². The fourth-order valence-electron chi connectivity index (χ4n) is 3.25. The predicted molar refractivity (Wildman–Crippen MR) is 114 cm³/mol. The minimum absolute atomic E-state index is 0.0840. The Labute approximate surface area is 166 Å². The van der Waals surface area contributed by atoms with Crippen LogP contribution < -0.4 is 15.5 Å². The maximum absolute atomic E-state index is 12.7. The minimum Gasteiger partial charge on any atom is -0.369 e. The Morgan fingerprint density at radius 3 is 2.29 bits per heavy atom. The van der Waals surface area contributed by atoms with Gasteiger partial charge in [0.15, 0.2) is 0 Å². The quantitative estimate of drug-likeness (QED) is 0.806. The van der Waals surface area contributed by atoms with E-state index in [4.69, 9.17) is 0 Å². The lowest BCUT2D eigenvalue weighted by Gasteiger charge is -2.34. The average Bonchev–Trinajstić information content (AvgIpc) is 2.70. The molecule has 0 bridgehead atoms. The molecule has 0 aliphatic carbocycles. The second-order valence-corrected chi connectivity index (χ2v) is 7.14. The third-order valence-electron chi connectivity index (χ3n) is 4.92. The molecule has 2 aromatic carbocycles. The predicted octanol–water partition coefficient (Wildman–Crippen LogP) is 3.43. The molecule has 2 amide bonds. The van der Waals surface area contributed by atoms with Gasteiger partial charge in [0.1, 0.15) is 0 Å². The Kier molecular flexibility index (Phi) is 6.66. The van der Waals surface area contributed by atoms with Crippen molar-refractivity contribution in [1.29, 1.82) is 0 Å². The summed E-state index contributed by atoms with van der Waals surface area (Å²) in [5.41, 5.74) is 2.89. The first-order chi connectivity index (χ1) is 13.6. The highest BCUT2D eigenvalue weighted by Crippen LogP contribution is 2.21. The van der Waals surface area contributed by atoms with Crippen molar-refractivity contribution < 1.29 is 9.59 Å². The third-order valence-corrected chi connectivity index (χ3v) is 4.92. The molecule has 0 atom stereocenters. The number of anilines is 3. The van der Waals surface area contributed by atoms with Crippen LogP contribution in [0, 0.1) is 0 Å². The van der Waals surface area contributed by atoms with Gasteiger partial charge in [0.25, 0.3) is 5.91 Å². The molecule has 2 N–H and O–H groups in total. The van der Waals surface area contributed by atoms with Gasteiger partial charge >= 0.3 is 0 Å². The van der Waals surface area contributed by atoms with E-state index in [1.807, 2.05) is 37.3 Å². The number of para-hydroxylation sites is 1. The van der Waals surface area contributed by atoms with E-state index in [0.29, 0.717) is 17.7 Å². The standard InChI is InChI=1S/C22H28N4O2/c1-3-6-21(27)24-20-8-5-4-7-19(20)22(28)23-17-9-11-18(12-10-17)26-15-13-25(2)14-16-26/h4-5,7-12H,3,6,13-16H2,1-2H3,(H,23,28)(H,24,27). The second-order valence-electron chi connectivity index (χ2n) is 7.14. The SMILES string of the molecule is CCCC(=O)Nc1ccccc1C(=O)Nc1ccc(N2CCN(C)CC2)cc1. The van der Waals surface area contributed by atoms with Crippen molar-refractivity contribution in [2.45, 2.75) is 19.8 Å². The van der Waals surface area contributed by atoms with E-state index < -0.39 is 0 Å². The van der Waals surface area contributed by atoms with Crippen molar-refractivity contribution in [3.63, 3.8) is 0 Å². The molecule has 28 heavy (non-hydrogen) atoms. The molecular weight excluding hydrogens is 352 g/mol. The van der Waals surface area contributed by atoms with Crippen LogP contribution in [-0.2, 0) is 4.79 Å². The largest absolute Gasteiger partial charge is 0.369 e. The normalized spacial score (nSPS) is 14.6. The smallest absolute Gasteiger partial charge is 0.257 e. The van der Waals surface area contributed by atoms with Crippen LogP contribution in [0.2, 0.25) is 0 Å². The molecule has 148 valence electrons. The Morgan fingerprint density at radius 1 is 0.929 bits per heavy atom. The summed E-state index contributed by atoms with van der Waals surface area (Å²) in [5.74, 6) is -0.320. The first-order valence-electron chi connectivity index (χ1n) is 9.80. The molecule has 1 saturated heterocycles. The summed E-state index contributed by atoms with van der Waals surface area (Å²) < 4.78 is 0. The van der Waals surface area contributed by atoms with Gasteiger partial charge in [-0.25, -0.2) is 0 Å². The molecule has 1 fully saturated rings. The van der Waals surface area contributed by atoms with Crippen molar-refractivity contribution in [3.05, 3.63) is 54.1 Å². The second kappa shape index (κ2) is 9.37. The Hall–Kier alpha value is -2.86. The number of carbonyl (C=O) groups excluding carboxylic acids is 2. The zero-order valence-electron chi connectivity index (χ0n) is 16.6. The number of hydrogen-bond donors (Lipinski definition) is 2. The molecule has 0 aromatic heterocycles. The number of rotatable bonds is 6. The number of piperazine rings is 1. The molecule has 1 heterocycles. The van der Waals surface area contributed by atoms with Gasteiger partial charge in [-0.1, -0.05) is 19.1 Å². The maximum atomic E-state index is 12.7. The lowest BCUT2D eigenvalue weighted by atomic mass is 10.1. The highest BCUT2D eigenvalue weighted by molar-refractivity contribution is 6.10. The number of amides is 2. The van der Waals surface area contributed by atoms with Crippen LogP contribution >= 0.6 is 0 Å². The Balaban J connectivity index is 1.66. The third kappa shape index (κ3) is 5.10. The molecule has 3 rings (SSSR count). The van der Waals surface area contributed by atoms with E-state index in [-0.39, 0.29) is 11.8 Å². The summed E-state index contributed by atoms with van der Waals surface area (Å²) in [6.07, 6.45) is 1.20. The molecule has 1 aliphatic rings. The maximum Gasteiger partial charge on any atom is 0.257 e. The van der Waals surface area contributed by atoms with Gasteiger partial charge in [-0.15, -0.1) is 0 Å². The summed E-state index contributed by atoms with van der Waals surface area (Å²) >= 11 is 0. The zero-order valence-corrected chi connectivity index (χ0v) is 16.6. The molecule has 2 aromatic rings. The monoisotopic (exact) mass is 380 g/mol. The van der Waals surface area contributed by atoms with Crippen LogP contribution in [-0.4, -0.2) is 49.9 Å². The number of nitrogens with zero attached hydrogens (tertiary/aromatic N) is 2. The summed E-state index contributed by atoms with van der Waals surface area (Å²) in [5, 5.41) is 5.75. The van der Waals surface area contributed by atoms with Crippen LogP contribution in [0.3, 0.4) is 0 Å². The van der Waals surface area contributed by atoms with Crippen LogP contribution in [0.25, 0.3) is 0 Å². The molecule has 0 spiro atoms.